The highest BCUT2D eigenvalue weighted by Gasteiger charge is 2.28. The van der Waals surface area contributed by atoms with E-state index < -0.39 is 0 Å². The van der Waals surface area contributed by atoms with E-state index in [-0.39, 0.29) is 24.6 Å². The number of nitrogens with zero attached hydrogens (tertiary/aromatic N) is 3. The number of ether oxygens (including phenoxy) is 2. The predicted molar refractivity (Wildman–Crippen MR) is 137 cm³/mol. The lowest BCUT2D eigenvalue weighted by molar-refractivity contribution is 0.0671. The van der Waals surface area contributed by atoms with Crippen molar-refractivity contribution in [1.29, 1.82) is 0 Å². The second-order valence-corrected chi connectivity index (χ2v) is 9.19. The number of nitrogens with one attached hydrogen (secondary N) is 1. The van der Waals surface area contributed by atoms with Crippen molar-refractivity contribution in [3.05, 3.63) is 83.4 Å². The minimum Gasteiger partial charge on any atom is -0.454 e. The van der Waals surface area contributed by atoms with Crippen LogP contribution in [0.1, 0.15) is 26.3 Å². The number of carbonyl (C=O) groups is 3. The van der Waals surface area contributed by atoms with Gasteiger partial charge in [-0.25, -0.2) is 4.79 Å². The van der Waals surface area contributed by atoms with Gasteiger partial charge in [-0.2, -0.15) is 0 Å². The molecule has 6 rings (SSSR count). The zero-order chi connectivity index (χ0) is 25.4. The van der Waals surface area contributed by atoms with Crippen LogP contribution in [0.5, 0.6) is 11.5 Å². The van der Waals surface area contributed by atoms with E-state index in [0.29, 0.717) is 61.0 Å². The van der Waals surface area contributed by atoms with Crippen molar-refractivity contribution in [2.45, 2.75) is 6.42 Å². The van der Waals surface area contributed by atoms with Crippen molar-refractivity contribution < 1.29 is 23.9 Å². The first-order chi connectivity index (χ1) is 18.1. The molecule has 4 amide bonds. The molecule has 188 valence electrons. The van der Waals surface area contributed by atoms with Crippen LogP contribution in [-0.4, -0.2) is 67.2 Å². The fourth-order valence-electron chi connectivity index (χ4n) is 4.96. The van der Waals surface area contributed by atoms with E-state index >= 15 is 0 Å². The number of urea groups is 1. The molecule has 1 N–H and O–H groups in total. The molecule has 0 spiro atoms. The van der Waals surface area contributed by atoms with Gasteiger partial charge in [-0.3, -0.25) is 9.59 Å². The molecule has 0 saturated carbocycles. The first-order valence-electron chi connectivity index (χ1n) is 12.3. The molecule has 0 bridgehead atoms. The fourth-order valence-corrected chi connectivity index (χ4v) is 4.96. The zero-order valence-corrected chi connectivity index (χ0v) is 20.2. The summed E-state index contributed by atoms with van der Waals surface area (Å²) in [5, 5.41) is 2.90. The zero-order valence-electron chi connectivity index (χ0n) is 20.2. The summed E-state index contributed by atoms with van der Waals surface area (Å²) in [5.41, 5.74) is 3.71. The summed E-state index contributed by atoms with van der Waals surface area (Å²) in [7, 11) is 0. The van der Waals surface area contributed by atoms with Crippen molar-refractivity contribution >= 4 is 29.2 Å². The normalized spacial score (nSPS) is 15.9. The Morgan fingerprint density at radius 2 is 1.46 bits per heavy atom. The molecule has 0 unspecified atom stereocenters. The molecule has 0 radical (unpaired) electrons. The van der Waals surface area contributed by atoms with Crippen LogP contribution in [0.4, 0.5) is 16.2 Å². The SMILES string of the molecule is O=C(Nc1cccc(C(=O)N2CCc3ccccc32)c1)N1CCN(C(=O)c2ccc3c(c2)OCO3)CC1. The molecule has 3 aliphatic rings. The Morgan fingerprint density at radius 1 is 0.703 bits per heavy atom. The van der Waals surface area contributed by atoms with E-state index in [2.05, 4.69) is 5.32 Å². The molecule has 1 fully saturated rings. The summed E-state index contributed by atoms with van der Waals surface area (Å²) in [6.45, 7) is 2.46. The van der Waals surface area contributed by atoms with Crippen molar-refractivity contribution in [3.8, 4) is 11.5 Å². The van der Waals surface area contributed by atoms with Crippen LogP contribution in [0.3, 0.4) is 0 Å². The van der Waals surface area contributed by atoms with Crippen LogP contribution >= 0.6 is 0 Å². The standard InChI is InChI=1S/C28H26N4O5/c33-26(21-8-9-24-25(17-21)37-18-36-24)30-12-14-31(15-13-30)28(35)29-22-6-3-5-20(16-22)27(34)32-11-10-19-4-1-2-7-23(19)32/h1-9,16-17H,10-15,18H2,(H,29,35). The van der Waals surface area contributed by atoms with Gasteiger partial charge in [0.1, 0.15) is 0 Å². The number of carbonyl (C=O) groups excluding carboxylic acids is 3. The molecule has 3 aliphatic heterocycles. The summed E-state index contributed by atoms with van der Waals surface area (Å²) in [6.07, 6.45) is 0.835. The Morgan fingerprint density at radius 3 is 2.32 bits per heavy atom. The third-order valence-electron chi connectivity index (χ3n) is 6.97. The van der Waals surface area contributed by atoms with E-state index in [0.717, 1.165) is 17.7 Å². The maximum atomic E-state index is 13.2. The molecule has 3 aromatic rings. The highest BCUT2D eigenvalue weighted by atomic mass is 16.7. The van der Waals surface area contributed by atoms with Gasteiger partial charge in [-0.1, -0.05) is 24.3 Å². The van der Waals surface area contributed by atoms with Crippen LogP contribution in [0.15, 0.2) is 66.7 Å². The monoisotopic (exact) mass is 498 g/mol. The topological polar surface area (TPSA) is 91.4 Å². The van der Waals surface area contributed by atoms with Gasteiger partial charge < -0.3 is 29.5 Å². The molecule has 0 atom stereocenters. The average molecular weight is 499 g/mol. The van der Waals surface area contributed by atoms with Crippen LogP contribution < -0.4 is 19.7 Å². The third-order valence-corrected chi connectivity index (χ3v) is 6.97. The Labute approximate surface area is 214 Å². The average Bonchev–Trinajstić information content (AvgIpc) is 3.59. The fraction of sp³-hybridized carbons (Fsp3) is 0.250. The molecular weight excluding hydrogens is 472 g/mol. The van der Waals surface area contributed by atoms with E-state index in [1.807, 2.05) is 24.3 Å². The molecule has 0 aliphatic carbocycles. The van der Waals surface area contributed by atoms with Gasteiger partial charge in [0.05, 0.1) is 0 Å². The minimum atomic E-state index is -0.258. The molecule has 1 saturated heterocycles. The van der Waals surface area contributed by atoms with Crippen LogP contribution in [0.25, 0.3) is 0 Å². The number of hydrogen-bond acceptors (Lipinski definition) is 5. The highest BCUT2D eigenvalue weighted by molar-refractivity contribution is 6.08. The van der Waals surface area contributed by atoms with Crippen molar-refractivity contribution in [2.75, 3.05) is 49.7 Å². The molecular formula is C28H26N4O5. The van der Waals surface area contributed by atoms with E-state index in [1.165, 1.54) is 0 Å². The van der Waals surface area contributed by atoms with Crippen LogP contribution in [0, 0.1) is 0 Å². The van der Waals surface area contributed by atoms with E-state index in [4.69, 9.17) is 9.47 Å². The summed E-state index contributed by atoms with van der Waals surface area (Å²) in [6, 6.07) is 19.8. The number of hydrogen-bond donors (Lipinski definition) is 1. The number of amides is 4. The second-order valence-electron chi connectivity index (χ2n) is 9.19. The molecule has 37 heavy (non-hydrogen) atoms. The number of fused-ring (bicyclic) bond motifs is 2. The lowest BCUT2D eigenvalue weighted by atomic mass is 10.1. The number of anilines is 2. The van der Waals surface area contributed by atoms with Gasteiger partial charge in [0, 0.05) is 55.2 Å². The predicted octanol–water partition coefficient (Wildman–Crippen LogP) is 3.61. The van der Waals surface area contributed by atoms with Gasteiger partial charge in [-0.15, -0.1) is 0 Å². The second kappa shape index (κ2) is 9.50. The number of piperazine rings is 1. The Hall–Kier alpha value is -4.53. The Kier molecular flexibility index (Phi) is 5.88. The van der Waals surface area contributed by atoms with Gasteiger partial charge in [0.25, 0.3) is 11.8 Å². The first kappa shape index (κ1) is 22.9. The molecule has 3 aromatic carbocycles. The Bertz CT molecular complexity index is 1380. The smallest absolute Gasteiger partial charge is 0.321 e. The summed E-state index contributed by atoms with van der Waals surface area (Å²) in [4.78, 5) is 44.2. The summed E-state index contributed by atoms with van der Waals surface area (Å²) < 4.78 is 10.7. The summed E-state index contributed by atoms with van der Waals surface area (Å²) >= 11 is 0. The lowest BCUT2D eigenvalue weighted by Gasteiger charge is -2.34. The molecule has 9 heteroatoms. The number of rotatable bonds is 3. The number of para-hydroxylation sites is 1. The van der Waals surface area contributed by atoms with Crippen molar-refractivity contribution in [2.24, 2.45) is 0 Å². The molecule has 9 nitrogen and oxygen atoms in total. The van der Waals surface area contributed by atoms with Gasteiger partial charge in [0.2, 0.25) is 6.79 Å². The lowest BCUT2D eigenvalue weighted by Crippen LogP contribution is -2.51. The van der Waals surface area contributed by atoms with Crippen LogP contribution in [-0.2, 0) is 6.42 Å². The highest BCUT2D eigenvalue weighted by Crippen LogP contribution is 2.33. The number of benzene rings is 3. The summed E-state index contributed by atoms with van der Waals surface area (Å²) in [5.74, 6) is 1.01. The maximum Gasteiger partial charge on any atom is 0.321 e. The van der Waals surface area contributed by atoms with E-state index in [1.54, 1.807) is 57.2 Å². The van der Waals surface area contributed by atoms with E-state index in [9.17, 15) is 14.4 Å². The third kappa shape index (κ3) is 4.44. The maximum absolute atomic E-state index is 13.2. The quantitative estimate of drug-likeness (QED) is 0.596. The van der Waals surface area contributed by atoms with Crippen LogP contribution in [0.2, 0.25) is 0 Å². The minimum absolute atomic E-state index is 0.0864. The largest absolute Gasteiger partial charge is 0.454 e. The van der Waals surface area contributed by atoms with Gasteiger partial charge in [-0.05, 0) is 54.4 Å². The van der Waals surface area contributed by atoms with Gasteiger partial charge >= 0.3 is 6.03 Å². The first-order valence-corrected chi connectivity index (χ1v) is 12.3. The van der Waals surface area contributed by atoms with Crippen molar-refractivity contribution in [1.82, 2.24) is 9.80 Å². The van der Waals surface area contributed by atoms with Gasteiger partial charge in [0.15, 0.2) is 11.5 Å². The Balaban J connectivity index is 1.06. The molecule has 3 heterocycles. The molecule has 0 aromatic heterocycles. The van der Waals surface area contributed by atoms with Crippen molar-refractivity contribution in [3.63, 3.8) is 0 Å².